The molecule has 0 aromatic heterocycles. The predicted molar refractivity (Wildman–Crippen MR) is 123 cm³/mol. The third kappa shape index (κ3) is 4.84. The van der Waals surface area contributed by atoms with E-state index >= 15 is 0 Å². The third-order valence-corrected chi connectivity index (χ3v) is 5.98. The Morgan fingerprint density at radius 3 is 2.37 bits per heavy atom. The van der Waals surface area contributed by atoms with Gasteiger partial charge >= 0.3 is 0 Å². The SMILES string of the molecule is COc1ccccc1OCCN1C(=O)S/C(=C\c2cc(I)c(OC)c(OC)c2)C1=O. The van der Waals surface area contributed by atoms with Crippen molar-refractivity contribution in [2.75, 3.05) is 34.5 Å². The van der Waals surface area contributed by atoms with Crippen LogP contribution < -0.4 is 18.9 Å². The van der Waals surface area contributed by atoms with E-state index in [-0.39, 0.29) is 24.3 Å². The molecule has 0 aliphatic carbocycles. The fourth-order valence-electron chi connectivity index (χ4n) is 2.85. The van der Waals surface area contributed by atoms with Gasteiger partial charge in [0.25, 0.3) is 11.1 Å². The van der Waals surface area contributed by atoms with Crippen molar-refractivity contribution in [2.24, 2.45) is 0 Å². The van der Waals surface area contributed by atoms with Gasteiger partial charge in [-0.25, -0.2) is 0 Å². The average molecular weight is 541 g/mol. The number of hydrogen-bond donors (Lipinski definition) is 0. The summed E-state index contributed by atoms with van der Waals surface area (Å²) in [5.74, 6) is 1.98. The van der Waals surface area contributed by atoms with Crippen molar-refractivity contribution < 1.29 is 28.5 Å². The molecule has 0 bridgehead atoms. The molecule has 0 atom stereocenters. The van der Waals surface area contributed by atoms with Crippen LogP contribution in [0.1, 0.15) is 5.56 Å². The Hall–Kier alpha value is -2.40. The first kappa shape index (κ1) is 22.3. The minimum Gasteiger partial charge on any atom is -0.493 e. The molecule has 1 aliphatic heterocycles. The number of ether oxygens (including phenoxy) is 4. The Morgan fingerprint density at radius 2 is 1.70 bits per heavy atom. The monoisotopic (exact) mass is 541 g/mol. The van der Waals surface area contributed by atoms with Gasteiger partial charge in [0.2, 0.25) is 0 Å². The molecule has 1 heterocycles. The number of rotatable bonds is 8. The maximum Gasteiger partial charge on any atom is 0.293 e. The summed E-state index contributed by atoms with van der Waals surface area (Å²) >= 11 is 3.04. The highest BCUT2D eigenvalue weighted by atomic mass is 127. The highest BCUT2D eigenvalue weighted by Crippen LogP contribution is 2.37. The van der Waals surface area contributed by atoms with Gasteiger partial charge in [0, 0.05) is 0 Å². The molecule has 1 aliphatic rings. The summed E-state index contributed by atoms with van der Waals surface area (Å²) < 4.78 is 22.4. The van der Waals surface area contributed by atoms with Gasteiger partial charge in [-0.2, -0.15) is 0 Å². The van der Waals surface area contributed by atoms with E-state index in [1.165, 1.54) is 4.90 Å². The Labute approximate surface area is 192 Å². The molecule has 3 rings (SSSR count). The van der Waals surface area contributed by atoms with E-state index in [1.54, 1.807) is 45.6 Å². The molecule has 158 valence electrons. The molecule has 30 heavy (non-hydrogen) atoms. The Morgan fingerprint density at radius 1 is 1.00 bits per heavy atom. The van der Waals surface area contributed by atoms with Crippen molar-refractivity contribution in [3.05, 3.63) is 50.4 Å². The first-order valence-corrected chi connectivity index (χ1v) is 10.8. The second-order valence-corrected chi connectivity index (χ2v) is 8.23. The lowest BCUT2D eigenvalue weighted by Gasteiger charge is -2.14. The number of nitrogens with zero attached hydrogens (tertiary/aromatic N) is 1. The molecule has 9 heteroatoms. The van der Waals surface area contributed by atoms with E-state index in [0.29, 0.717) is 27.9 Å². The van der Waals surface area contributed by atoms with Crippen LogP contribution in [-0.4, -0.2) is 50.5 Å². The molecule has 7 nitrogen and oxygen atoms in total. The quantitative estimate of drug-likeness (QED) is 0.362. The summed E-state index contributed by atoms with van der Waals surface area (Å²) in [5, 5.41) is -0.329. The molecule has 0 saturated carbocycles. The van der Waals surface area contributed by atoms with Gasteiger partial charge < -0.3 is 18.9 Å². The molecule has 2 aromatic carbocycles. The van der Waals surface area contributed by atoms with Gasteiger partial charge in [0.05, 0.1) is 36.3 Å². The number of halogens is 1. The number of hydrogen-bond acceptors (Lipinski definition) is 7. The van der Waals surface area contributed by atoms with E-state index < -0.39 is 0 Å². The standard InChI is InChI=1S/C21H20INO6S/c1-26-15-6-4-5-7-16(15)29-9-8-23-20(24)18(30-21(23)25)12-13-10-14(22)19(28-3)17(11-13)27-2/h4-7,10-12H,8-9H2,1-3H3/b18-12-. The smallest absolute Gasteiger partial charge is 0.293 e. The Kier molecular flexibility index (Phi) is 7.48. The van der Waals surface area contributed by atoms with E-state index in [2.05, 4.69) is 22.6 Å². The molecule has 0 spiro atoms. The summed E-state index contributed by atoms with van der Waals surface area (Å²) in [5.41, 5.74) is 0.743. The van der Waals surface area contributed by atoms with Crippen LogP contribution in [0.2, 0.25) is 0 Å². The van der Waals surface area contributed by atoms with Gasteiger partial charge in [-0.15, -0.1) is 0 Å². The highest BCUT2D eigenvalue weighted by molar-refractivity contribution is 14.1. The van der Waals surface area contributed by atoms with Crippen molar-refractivity contribution in [3.8, 4) is 23.0 Å². The lowest BCUT2D eigenvalue weighted by molar-refractivity contribution is -0.123. The topological polar surface area (TPSA) is 74.3 Å². The zero-order valence-electron chi connectivity index (χ0n) is 16.6. The van der Waals surface area contributed by atoms with Crippen LogP contribution in [0, 0.1) is 3.57 Å². The average Bonchev–Trinajstić information content (AvgIpc) is 3.00. The number of amides is 2. The number of thioether (sulfide) groups is 1. The summed E-state index contributed by atoms with van der Waals surface area (Å²) in [6.45, 7) is 0.309. The largest absolute Gasteiger partial charge is 0.493 e. The maximum absolute atomic E-state index is 12.7. The van der Waals surface area contributed by atoms with E-state index in [1.807, 2.05) is 18.2 Å². The van der Waals surface area contributed by atoms with Crippen molar-refractivity contribution in [3.63, 3.8) is 0 Å². The van der Waals surface area contributed by atoms with Crippen LogP contribution >= 0.6 is 34.4 Å². The minimum atomic E-state index is -0.349. The number of carbonyl (C=O) groups excluding carboxylic acids is 2. The van der Waals surface area contributed by atoms with Crippen molar-refractivity contribution in [1.82, 2.24) is 4.90 Å². The number of methoxy groups -OCH3 is 3. The number of imide groups is 1. The third-order valence-electron chi connectivity index (χ3n) is 4.27. The number of para-hydroxylation sites is 2. The van der Waals surface area contributed by atoms with Crippen molar-refractivity contribution in [1.29, 1.82) is 0 Å². The van der Waals surface area contributed by atoms with E-state index in [9.17, 15) is 9.59 Å². The zero-order valence-corrected chi connectivity index (χ0v) is 19.6. The first-order chi connectivity index (χ1) is 14.5. The highest BCUT2D eigenvalue weighted by Gasteiger charge is 2.35. The van der Waals surface area contributed by atoms with Crippen LogP contribution in [0.15, 0.2) is 41.3 Å². The van der Waals surface area contributed by atoms with Crippen LogP contribution in [0.3, 0.4) is 0 Å². The molecular weight excluding hydrogens is 521 g/mol. The minimum absolute atomic E-state index is 0.142. The molecule has 2 aromatic rings. The summed E-state index contributed by atoms with van der Waals surface area (Å²) in [6, 6.07) is 10.8. The van der Waals surface area contributed by atoms with Gasteiger partial charge in [0.15, 0.2) is 23.0 Å². The van der Waals surface area contributed by atoms with Gasteiger partial charge in [-0.05, 0) is 70.3 Å². The molecule has 0 unspecified atom stereocenters. The van der Waals surface area contributed by atoms with Crippen LogP contribution in [0.4, 0.5) is 4.79 Å². The number of carbonyl (C=O) groups is 2. The van der Waals surface area contributed by atoms with Gasteiger partial charge in [-0.3, -0.25) is 14.5 Å². The maximum atomic E-state index is 12.7. The van der Waals surface area contributed by atoms with Crippen molar-refractivity contribution >= 4 is 51.6 Å². The lowest BCUT2D eigenvalue weighted by Crippen LogP contribution is -2.32. The van der Waals surface area contributed by atoms with E-state index in [0.717, 1.165) is 20.9 Å². The van der Waals surface area contributed by atoms with Crippen molar-refractivity contribution in [2.45, 2.75) is 0 Å². The molecular formula is C21H20INO6S. The summed E-state index contributed by atoms with van der Waals surface area (Å²) in [7, 11) is 4.67. The molecule has 1 fully saturated rings. The zero-order chi connectivity index (χ0) is 21.7. The second-order valence-electron chi connectivity index (χ2n) is 6.07. The fourth-order valence-corrected chi connectivity index (χ4v) is 4.56. The fraction of sp³-hybridized carbons (Fsp3) is 0.238. The summed E-state index contributed by atoms with van der Waals surface area (Å²) in [6.07, 6.45) is 1.68. The lowest BCUT2D eigenvalue weighted by atomic mass is 10.2. The van der Waals surface area contributed by atoms with Gasteiger partial charge in [0.1, 0.15) is 6.61 Å². The predicted octanol–water partition coefficient (Wildman–Crippen LogP) is 4.43. The Balaban J connectivity index is 1.71. The van der Waals surface area contributed by atoms with Crippen LogP contribution in [0.25, 0.3) is 6.08 Å². The molecule has 0 N–H and O–H groups in total. The van der Waals surface area contributed by atoms with Crippen LogP contribution in [-0.2, 0) is 4.79 Å². The molecule has 0 radical (unpaired) electrons. The van der Waals surface area contributed by atoms with Crippen LogP contribution in [0.5, 0.6) is 23.0 Å². The first-order valence-electron chi connectivity index (χ1n) is 8.91. The second kappa shape index (κ2) is 10.1. The normalized spacial score (nSPS) is 14.9. The van der Waals surface area contributed by atoms with E-state index in [4.69, 9.17) is 18.9 Å². The molecule has 1 saturated heterocycles. The van der Waals surface area contributed by atoms with Gasteiger partial charge in [-0.1, -0.05) is 12.1 Å². The summed E-state index contributed by atoms with van der Waals surface area (Å²) in [4.78, 5) is 26.6. The number of benzene rings is 2. The molecule has 2 amide bonds. The Bertz CT molecular complexity index is 993.